The number of nitrogens with zero attached hydrogens (tertiary/aromatic N) is 1. The van der Waals surface area contributed by atoms with Gasteiger partial charge in [0.25, 0.3) is 5.91 Å². The molecule has 0 fully saturated rings. The average molecular weight is 363 g/mol. The normalized spacial score (nSPS) is 10.8. The molecule has 1 aromatic carbocycles. The number of esters is 1. The third kappa shape index (κ3) is 5.01. The number of carbonyl (C=O) groups excluding carboxylic acids is 2. The van der Waals surface area contributed by atoms with Crippen molar-refractivity contribution in [2.75, 3.05) is 23.4 Å². The number of carbonyl (C=O) groups is 2. The minimum Gasteiger partial charge on any atom is -0.465 e. The van der Waals surface area contributed by atoms with Gasteiger partial charge in [-0.2, -0.15) is 0 Å². The number of methoxy groups -OCH3 is 1. The van der Waals surface area contributed by atoms with Crippen LogP contribution in [-0.4, -0.2) is 38.6 Å². The Morgan fingerprint density at radius 1 is 1.12 bits per heavy atom. The van der Waals surface area contributed by atoms with E-state index >= 15 is 0 Å². The molecule has 0 radical (unpaired) electrons. The monoisotopic (exact) mass is 363 g/mol. The smallest absolute Gasteiger partial charge is 0.339 e. The third-order valence-corrected chi connectivity index (χ3v) is 3.80. The summed E-state index contributed by atoms with van der Waals surface area (Å²) in [6.07, 6.45) is 3.65. The van der Waals surface area contributed by atoms with Crippen molar-refractivity contribution in [1.82, 2.24) is 4.98 Å². The number of amides is 1. The van der Waals surface area contributed by atoms with E-state index in [4.69, 9.17) is 0 Å². The minimum atomic E-state index is -3.44. The molecule has 1 amide bonds. The van der Waals surface area contributed by atoms with Crippen molar-refractivity contribution in [2.24, 2.45) is 0 Å². The summed E-state index contributed by atoms with van der Waals surface area (Å²) in [5.74, 6) is -1.09. The summed E-state index contributed by atoms with van der Waals surface area (Å²) in [7, 11) is -2.21. The lowest BCUT2D eigenvalue weighted by Gasteiger charge is -2.11. The Labute approximate surface area is 145 Å². The first-order chi connectivity index (χ1) is 11.7. The number of anilines is 2. The first kappa shape index (κ1) is 18.4. The molecular formula is C16H17N3O5S. The van der Waals surface area contributed by atoms with Crippen LogP contribution in [0.4, 0.5) is 11.4 Å². The van der Waals surface area contributed by atoms with E-state index in [9.17, 15) is 18.0 Å². The maximum Gasteiger partial charge on any atom is 0.339 e. The van der Waals surface area contributed by atoms with Gasteiger partial charge in [0.05, 0.1) is 30.2 Å². The predicted molar refractivity (Wildman–Crippen MR) is 93.2 cm³/mol. The molecule has 0 spiro atoms. The summed E-state index contributed by atoms with van der Waals surface area (Å²) < 4.78 is 29.7. The lowest BCUT2D eigenvalue weighted by atomic mass is 10.1. The molecule has 0 aliphatic carbocycles. The van der Waals surface area contributed by atoms with Gasteiger partial charge in [-0.15, -0.1) is 0 Å². The van der Waals surface area contributed by atoms with Crippen LogP contribution in [0.15, 0.2) is 36.7 Å². The SMILES string of the molecule is COC(=O)c1cncc(C(=O)Nc2ccc(C)c(NS(C)(=O)=O)c2)c1. The molecule has 0 saturated carbocycles. The van der Waals surface area contributed by atoms with Crippen molar-refractivity contribution in [1.29, 1.82) is 0 Å². The van der Waals surface area contributed by atoms with Gasteiger partial charge < -0.3 is 10.1 Å². The van der Waals surface area contributed by atoms with Gasteiger partial charge in [-0.3, -0.25) is 14.5 Å². The first-order valence-corrected chi connectivity index (χ1v) is 9.02. The third-order valence-electron chi connectivity index (χ3n) is 3.21. The van der Waals surface area contributed by atoms with Crippen LogP contribution < -0.4 is 10.0 Å². The summed E-state index contributed by atoms with van der Waals surface area (Å²) in [5.41, 5.74) is 1.78. The molecule has 9 heteroatoms. The molecule has 25 heavy (non-hydrogen) atoms. The standard InChI is InChI=1S/C16H17N3O5S/c1-10-4-5-13(7-14(10)19-25(3,22)23)18-15(20)11-6-12(9-17-8-11)16(21)24-2/h4-9,19H,1-3H3,(H,18,20). The largest absolute Gasteiger partial charge is 0.465 e. The number of nitrogens with one attached hydrogen (secondary N) is 2. The molecule has 2 N–H and O–H groups in total. The molecule has 2 aromatic rings. The van der Waals surface area contributed by atoms with Gasteiger partial charge >= 0.3 is 5.97 Å². The number of aryl methyl sites for hydroxylation is 1. The van der Waals surface area contributed by atoms with E-state index in [0.29, 0.717) is 16.9 Å². The van der Waals surface area contributed by atoms with Crippen molar-refractivity contribution in [3.8, 4) is 0 Å². The number of hydrogen-bond donors (Lipinski definition) is 2. The maximum absolute atomic E-state index is 12.3. The van der Waals surface area contributed by atoms with E-state index in [2.05, 4.69) is 19.8 Å². The Morgan fingerprint density at radius 3 is 2.44 bits per heavy atom. The van der Waals surface area contributed by atoms with Crippen molar-refractivity contribution in [3.63, 3.8) is 0 Å². The number of pyridine rings is 1. The van der Waals surface area contributed by atoms with Crippen molar-refractivity contribution in [2.45, 2.75) is 6.92 Å². The second-order valence-electron chi connectivity index (χ2n) is 5.31. The Morgan fingerprint density at radius 2 is 1.80 bits per heavy atom. The minimum absolute atomic E-state index is 0.151. The number of hydrogen-bond acceptors (Lipinski definition) is 6. The highest BCUT2D eigenvalue weighted by Gasteiger charge is 2.13. The van der Waals surface area contributed by atoms with Gasteiger partial charge in [0, 0.05) is 18.1 Å². The molecule has 0 aliphatic heterocycles. The van der Waals surface area contributed by atoms with E-state index in [1.165, 1.54) is 31.6 Å². The van der Waals surface area contributed by atoms with E-state index in [-0.39, 0.29) is 11.1 Å². The molecule has 1 heterocycles. The van der Waals surface area contributed by atoms with Crippen LogP contribution in [0.25, 0.3) is 0 Å². The summed E-state index contributed by atoms with van der Waals surface area (Å²) in [4.78, 5) is 27.7. The van der Waals surface area contributed by atoms with Crippen LogP contribution >= 0.6 is 0 Å². The number of rotatable bonds is 5. The number of benzene rings is 1. The van der Waals surface area contributed by atoms with Gasteiger partial charge in [0.2, 0.25) is 10.0 Å². The van der Waals surface area contributed by atoms with E-state index in [0.717, 1.165) is 6.26 Å². The van der Waals surface area contributed by atoms with Gasteiger partial charge in [0.15, 0.2) is 0 Å². The van der Waals surface area contributed by atoms with Crippen molar-refractivity contribution < 1.29 is 22.7 Å². The fraction of sp³-hybridized carbons (Fsp3) is 0.188. The second kappa shape index (κ2) is 7.31. The molecule has 8 nitrogen and oxygen atoms in total. The molecule has 132 valence electrons. The lowest BCUT2D eigenvalue weighted by Crippen LogP contribution is -2.15. The van der Waals surface area contributed by atoms with Gasteiger partial charge in [-0.05, 0) is 30.7 Å². The zero-order valence-electron chi connectivity index (χ0n) is 13.9. The van der Waals surface area contributed by atoms with E-state index in [1.807, 2.05) is 0 Å². The van der Waals surface area contributed by atoms with E-state index in [1.54, 1.807) is 19.1 Å². The fourth-order valence-electron chi connectivity index (χ4n) is 2.01. The number of sulfonamides is 1. The van der Waals surface area contributed by atoms with Crippen molar-refractivity contribution >= 4 is 33.3 Å². The highest BCUT2D eigenvalue weighted by atomic mass is 32.2. The summed E-state index contributed by atoms with van der Waals surface area (Å²) in [5, 5.41) is 2.63. The molecule has 2 rings (SSSR count). The number of ether oxygens (including phenoxy) is 1. The zero-order chi connectivity index (χ0) is 18.6. The maximum atomic E-state index is 12.3. The Kier molecular flexibility index (Phi) is 5.38. The second-order valence-corrected chi connectivity index (χ2v) is 7.06. The molecule has 0 unspecified atom stereocenters. The quantitative estimate of drug-likeness (QED) is 0.783. The summed E-state index contributed by atoms with van der Waals surface area (Å²) in [6.45, 7) is 1.74. The van der Waals surface area contributed by atoms with Crippen LogP contribution in [-0.2, 0) is 14.8 Å². The Balaban J connectivity index is 2.23. The predicted octanol–water partition coefficient (Wildman–Crippen LogP) is 1.80. The molecule has 1 aromatic heterocycles. The highest BCUT2D eigenvalue weighted by molar-refractivity contribution is 7.92. The Hall–Kier alpha value is -2.94. The summed E-state index contributed by atoms with van der Waals surface area (Å²) >= 11 is 0. The average Bonchev–Trinajstić information content (AvgIpc) is 2.56. The van der Waals surface area contributed by atoms with Gasteiger partial charge in [-0.25, -0.2) is 13.2 Å². The lowest BCUT2D eigenvalue weighted by molar-refractivity contribution is 0.0600. The number of aromatic nitrogens is 1. The van der Waals surface area contributed by atoms with Crippen molar-refractivity contribution in [3.05, 3.63) is 53.3 Å². The molecular weight excluding hydrogens is 346 g/mol. The van der Waals surface area contributed by atoms with Gasteiger partial charge in [-0.1, -0.05) is 6.07 Å². The molecule has 0 saturated heterocycles. The topological polar surface area (TPSA) is 114 Å². The fourth-order valence-corrected chi connectivity index (χ4v) is 2.63. The molecule has 0 bridgehead atoms. The molecule has 0 atom stereocenters. The van der Waals surface area contributed by atoms with Crippen LogP contribution in [0.2, 0.25) is 0 Å². The zero-order valence-corrected chi connectivity index (χ0v) is 14.7. The summed E-state index contributed by atoms with van der Waals surface area (Å²) in [6, 6.07) is 6.18. The van der Waals surface area contributed by atoms with Crippen LogP contribution in [0.1, 0.15) is 26.3 Å². The van der Waals surface area contributed by atoms with E-state index < -0.39 is 21.9 Å². The van der Waals surface area contributed by atoms with Crippen LogP contribution in [0.3, 0.4) is 0 Å². The Bertz CT molecular complexity index is 925. The van der Waals surface area contributed by atoms with Crippen LogP contribution in [0.5, 0.6) is 0 Å². The molecule has 0 aliphatic rings. The first-order valence-electron chi connectivity index (χ1n) is 7.13. The van der Waals surface area contributed by atoms with Gasteiger partial charge in [0.1, 0.15) is 0 Å². The highest BCUT2D eigenvalue weighted by Crippen LogP contribution is 2.21. The van der Waals surface area contributed by atoms with Crippen LogP contribution in [0, 0.1) is 6.92 Å².